The summed E-state index contributed by atoms with van der Waals surface area (Å²) in [5.41, 5.74) is 1.43. The number of nitrogens with one attached hydrogen (secondary N) is 1. The average Bonchev–Trinajstić information content (AvgIpc) is 3.25. The van der Waals surface area contributed by atoms with E-state index >= 15 is 0 Å². The van der Waals surface area contributed by atoms with Crippen LogP contribution in [-0.4, -0.2) is 33.6 Å². The molecule has 1 N–H and O–H groups in total. The molecule has 6 nitrogen and oxygen atoms in total. The number of fused-ring (bicyclic) bond motifs is 1. The van der Waals surface area contributed by atoms with E-state index in [2.05, 4.69) is 10.3 Å². The molecule has 1 saturated heterocycles. The molecule has 3 atom stereocenters. The van der Waals surface area contributed by atoms with E-state index < -0.39 is 11.9 Å². The molecule has 0 bridgehead atoms. The second-order valence-electron chi connectivity index (χ2n) is 6.89. The lowest BCUT2D eigenvalue weighted by atomic mass is 9.85. The highest BCUT2D eigenvalue weighted by molar-refractivity contribution is 7.14. The molecule has 8 heteroatoms. The molecule has 1 aliphatic carbocycles. The molecule has 2 aliphatic rings. The second kappa shape index (κ2) is 7.48. The van der Waals surface area contributed by atoms with Crippen molar-refractivity contribution < 1.29 is 14.4 Å². The molecule has 4 rings (SSSR count). The maximum atomic E-state index is 12.7. The van der Waals surface area contributed by atoms with Crippen molar-refractivity contribution in [3.05, 3.63) is 46.8 Å². The summed E-state index contributed by atoms with van der Waals surface area (Å²) in [5.74, 6) is -1.66. The number of imide groups is 1. The van der Waals surface area contributed by atoms with Gasteiger partial charge in [-0.05, 0) is 25.8 Å². The van der Waals surface area contributed by atoms with Crippen LogP contribution in [0.15, 0.2) is 41.8 Å². The number of carbonyl (C=O) groups is 3. The minimum atomic E-state index is -0.890. The predicted octanol–water partition coefficient (Wildman–Crippen LogP) is 3.74. The number of nitrogens with zero attached hydrogens (tertiary/aromatic N) is 2. The minimum Gasteiger partial charge on any atom is -0.300 e. The fraction of sp³-hybridized carbons (Fsp3) is 0.300. The first-order valence-corrected chi connectivity index (χ1v) is 10.3. The van der Waals surface area contributed by atoms with Crippen molar-refractivity contribution in [2.45, 2.75) is 25.8 Å². The summed E-state index contributed by atoms with van der Waals surface area (Å²) < 4.78 is 0. The first kappa shape index (κ1) is 18.8. The van der Waals surface area contributed by atoms with Crippen LogP contribution in [0.3, 0.4) is 0 Å². The highest BCUT2D eigenvalue weighted by Crippen LogP contribution is 2.36. The van der Waals surface area contributed by atoms with Gasteiger partial charge in [-0.3, -0.25) is 19.3 Å². The van der Waals surface area contributed by atoms with Crippen LogP contribution in [0.5, 0.6) is 0 Å². The number of halogens is 1. The standard InChI is InChI=1S/C20H18ClN3O3S/c1-11(24-18(26)12-6-2-3-7-13(12)19(24)27)17(25)23-20-22-16(10-28-20)14-8-4-5-9-15(14)21/h2-5,8-13H,6-7H2,1H3,(H,22,23,25)/t11-,12-,13-/m0/s1. The van der Waals surface area contributed by atoms with Crippen molar-refractivity contribution in [1.82, 2.24) is 9.88 Å². The number of anilines is 1. The van der Waals surface area contributed by atoms with Crippen LogP contribution in [0.1, 0.15) is 19.8 Å². The van der Waals surface area contributed by atoms with Crippen molar-refractivity contribution >= 4 is 45.8 Å². The minimum absolute atomic E-state index is 0.266. The number of likely N-dealkylation sites (tertiary alicyclic amines) is 1. The number of rotatable bonds is 4. The number of carbonyl (C=O) groups excluding carboxylic acids is 3. The van der Waals surface area contributed by atoms with Gasteiger partial charge < -0.3 is 5.32 Å². The maximum Gasteiger partial charge on any atom is 0.249 e. The van der Waals surface area contributed by atoms with Crippen molar-refractivity contribution in [3.63, 3.8) is 0 Å². The van der Waals surface area contributed by atoms with Crippen LogP contribution in [0.25, 0.3) is 11.3 Å². The Morgan fingerprint density at radius 3 is 2.50 bits per heavy atom. The zero-order chi connectivity index (χ0) is 19.8. The van der Waals surface area contributed by atoms with E-state index in [4.69, 9.17) is 11.6 Å². The van der Waals surface area contributed by atoms with Crippen molar-refractivity contribution in [2.75, 3.05) is 5.32 Å². The summed E-state index contributed by atoms with van der Waals surface area (Å²) in [6, 6.07) is 6.43. The number of hydrogen-bond donors (Lipinski definition) is 1. The van der Waals surface area contributed by atoms with Gasteiger partial charge in [-0.25, -0.2) is 4.98 Å². The van der Waals surface area contributed by atoms with Crippen LogP contribution in [0, 0.1) is 11.8 Å². The number of amides is 3. The van der Waals surface area contributed by atoms with E-state index in [-0.39, 0.29) is 23.7 Å². The van der Waals surface area contributed by atoms with Gasteiger partial charge in [-0.1, -0.05) is 42.0 Å². The highest BCUT2D eigenvalue weighted by Gasteiger charge is 2.50. The predicted molar refractivity (Wildman–Crippen MR) is 108 cm³/mol. The zero-order valence-electron chi connectivity index (χ0n) is 15.1. The van der Waals surface area contributed by atoms with Gasteiger partial charge in [-0.15, -0.1) is 11.3 Å². The Labute approximate surface area is 171 Å². The fourth-order valence-electron chi connectivity index (χ4n) is 3.66. The molecule has 0 unspecified atom stereocenters. The summed E-state index contributed by atoms with van der Waals surface area (Å²) in [7, 11) is 0. The summed E-state index contributed by atoms with van der Waals surface area (Å²) in [4.78, 5) is 43.5. The Kier molecular flexibility index (Phi) is 5.03. The maximum absolute atomic E-state index is 12.7. The van der Waals surface area contributed by atoms with Gasteiger partial charge in [0, 0.05) is 16.0 Å². The van der Waals surface area contributed by atoms with Gasteiger partial charge in [-0.2, -0.15) is 0 Å². The van der Waals surface area contributed by atoms with Crippen LogP contribution in [0.2, 0.25) is 5.02 Å². The van der Waals surface area contributed by atoms with Crippen LogP contribution in [0.4, 0.5) is 5.13 Å². The summed E-state index contributed by atoms with van der Waals surface area (Å²) >= 11 is 7.46. The van der Waals surface area contributed by atoms with Crippen LogP contribution in [-0.2, 0) is 14.4 Å². The Morgan fingerprint density at radius 1 is 1.21 bits per heavy atom. The quantitative estimate of drug-likeness (QED) is 0.609. The molecule has 1 fully saturated rings. The molecular weight excluding hydrogens is 398 g/mol. The number of aromatic nitrogens is 1. The average molecular weight is 416 g/mol. The van der Waals surface area contributed by atoms with Crippen molar-refractivity contribution in [3.8, 4) is 11.3 Å². The lowest BCUT2D eigenvalue weighted by molar-refractivity contribution is -0.146. The molecule has 0 spiro atoms. The first-order chi connectivity index (χ1) is 13.5. The Bertz CT molecular complexity index is 961. The van der Waals surface area contributed by atoms with E-state index in [1.54, 1.807) is 18.4 Å². The lowest BCUT2D eigenvalue weighted by Crippen LogP contribution is -2.46. The summed E-state index contributed by atoms with van der Waals surface area (Å²) in [6.07, 6.45) is 4.94. The molecular formula is C20H18ClN3O3S. The fourth-order valence-corrected chi connectivity index (χ4v) is 4.60. The monoisotopic (exact) mass is 415 g/mol. The van der Waals surface area contributed by atoms with Crippen molar-refractivity contribution in [2.24, 2.45) is 11.8 Å². The molecule has 1 aliphatic heterocycles. The van der Waals surface area contributed by atoms with Crippen LogP contribution < -0.4 is 5.32 Å². The molecule has 144 valence electrons. The third-order valence-corrected chi connectivity index (χ3v) is 6.28. The van der Waals surface area contributed by atoms with E-state index in [9.17, 15) is 14.4 Å². The van der Waals surface area contributed by atoms with Gasteiger partial charge >= 0.3 is 0 Å². The Balaban J connectivity index is 1.48. The number of hydrogen-bond acceptors (Lipinski definition) is 5. The third-order valence-electron chi connectivity index (χ3n) is 5.19. The first-order valence-electron chi connectivity index (χ1n) is 9.00. The van der Waals surface area contributed by atoms with Crippen molar-refractivity contribution in [1.29, 1.82) is 0 Å². The molecule has 2 heterocycles. The molecule has 1 aromatic carbocycles. The summed E-state index contributed by atoms with van der Waals surface area (Å²) in [5, 5.41) is 5.48. The second-order valence-corrected chi connectivity index (χ2v) is 8.15. The van der Waals surface area contributed by atoms with E-state index in [0.29, 0.717) is 28.7 Å². The molecule has 3 amide bonds. The largest absolute Gasteiger partial charge is 0.300 e. The number of allylic oxidation sites excluding steroid dienone is 2. The normalized spacial score (nSPS) is 22.3. The topological polar surface area (TPSA) is 79.4 Å². The summed E-state index contributed by atoms with van der Waals surface area (Å²) in [6.45, 7) is 1.57. The molecule has 0 saturated carbocycles. The molecule has 1 aromatic heterocycles. The van der Waals surface area contributed by atoms with Crippen LogP contribution >= 0.6 is 22.9 Å². The number of benzene rings is 1. The number of thiazole rings is 1. The Hall–Kier alpha value is -2.51. The van der Waals surface area contributed by atoms with Gasteiger partial charge in [0.1, 0.15) is 6.04 Å². The molecule has 0 radical (unpaired) electrons. The highest BCUT2D eigenvalue weighted by atomic mass is 35.5. The van der Waals surface area contributed by atoms with E-state index in [1.807, 2.05) is 30.4 Å². The van der Waals surface area contributed by atoms with Gasteiger partial charge in [0.25, 0.3) is 0 Å². The lowest BCUT2D eigenvalue weighted by Gasteiger charge is -2.21. The smallest absolute Gasteiger partial charge is 0.249 e. The molecule has 28 heavy (non-hydrogen) atoms. The Morgan fingerprint density at radius 2 is 1.86 bits per heavy atom. The van der Waals surface area contributed by atoms with E-state index in [1.165, 1.54) is 11.3 Å². The third kappa shape index (κ3) is 3.25. The van der Waals surface area contributed by atoms with Gasteiger partial charge in [0.05, 0.1) is 17.5 Å². The SMILES string of the molecule is C[C@@H](C(=O)Nc1nc(-c2ccccc2Cl)cs1)N1C(=O)[C@H]2CC=CC[C@@H]2C1=O. The van der Waals surface area contributed by atoms with Gasteiger partial charge in [0.2, 0.25) is 17.7 Å². The molecule has 2 aromatic rings. The van der Waals surface area contributed by atoms with Gasteiger partial charge in [0.15, 0.2) is 5.13 Å². The zero-order valence-corrected chi connectivity index (χ0v) is 16.7. The van der Waals surface area contributed by atoms with E-state index in [0.717, 1.165) is 10.5 Å².